The van der Waals surface area contributed by atoms with E-state index in [9.17, 15) is 14.0 Å². The molecule has 0 aliphatic carbocycles. The summed E-state index contributed by atoms with van der Waals surface area (Å²) < 4.78 is 21.2. The van der Waals surface area contributed by atoms with Crippen molar-refractivity contribution in [3.63, 3.8) is 0 Å². The summed E-state index contributed by atoms with van der Waals surface area (Å²) in [4.78, 5) is 34.5. The zero-order chi connectivity index (χ0) is 22.7. The molecule has 10 heteroatoms. The van der Waals surface area contributed by atoms with Crippen LogP contribution in [-0.2, 0) is 9.53 Å². The first-order chi connectivity index (χ1) is 15.4. The number of nitrogens with one attached hydrogen (secondary N) is 2. The fraction of sp³-hybridized carbons (Fsp3) is 0.364. The van der Waals surface area contributed by atoms with E-state index in [4.69, 9.17) is 4.74 Å². The number of aromatic nitrogens is 3. The van der Waals surface area contributed by atoms with Crippen LogP contribution < -0.4 is 10.6 Å². The molecule has 0 unspecified atom stereocenters. The Morgan fingerprint density at radius 1 is 1.19 bits per heavy atom. The second kappa shape index (κ2) is 9.21. The van der Waals surface area contributed by atoms with Crippen LogP contribution in [0, 0.1) is 5.82 Å². The molecule has 3 heterocycles. The lowest BCUT2D eigenvalue weighted by Crippen LogP contribution is -2.32. The van der Waals surface area contributed by atoms with Crippen LogP contribution in [0.4, 0.5) is 20.6 Å². The molecule has 1 fully saturated rings. The number of likely N-dealkylation sites (tertiary alicyclic amines) is 1. The SMILES string of the molecule is CC(C)OC(=O)Nc1cnc2nc(-c3cc(NCC(=O)N4CCCC4)ccc3F)cn2c1. The van der Waals surface area contributed by atoms with E-state index < -0.39 is 11.9 Å². The molecule has 4 rings (SSSR count). The van der Waals surface area contributed by atoms with Gasteiger partial charge in [-0.15, -0.1) is 0 Å². The Labute approximate surface area is 184 Å². The topological polar surface area (TPSA) is 101 Å². The van der Waals surface area contributed by atoms with Crippen LogP contribution in [-0.4, -0.2) is 57.0 Å². The first-order valence-corrected chi connectivity index (χ1v) is 10.5. The smallest absolute Gasteiger partial charge is 0.411 e. The molecule has 1 aliphatic rings. The van der Waals surface area contributed by atoms with E-state index in [0.29, 0.717) is 22.8 Å². The maximum Gasteiger partial charge on any atom is 0.411 e. The number of anilines is 2. The van der Waals surface area contributed by atoms with E-state index in [1.54, 1.807) is 42.8 Å². The second-order valence-electron chi connectivity index (χ2n) is 7.89. The van der Waals surface area contributed by atoms with Gasteiger partial charge in [0.05, 0.1) is 30.2 Å². The van der Waals surface area contributed by atoms with E-state index in [0.717, 1.165) is 25.9 Å². The van der Waals surface area contributed by atoms with Crippen LogP contribution >= 0.6 is 0 Å². The Balaban J connectivity index is 1.50. The normalized spacial score (nSPS) is 13.6. The summed E-state index contributed by atoms with van der Waals surface area (Å²) >= 11 is 0. The molecular formula is C22H25FN6O3. The van der Waals surface area contributed by atoms with Gasteiger partial charge >= 0.3 is 6.09 Å². The molecule has 0 bridgehead atoms. The van der Waals surface area contributed by atoms with Gasteiger partial charge in [0, 0.05) is 36.7 Å². The van der Waals surface area contributed by atoms with Crippen molar-refractivity contribution in [2.45, 2.75) is 32.8 Å². The van der Waals surface area contributed by atoms with E-state index in [1.165, 1.54) is 12.3 Å². The zero-order valence-corrected chi connectivity index (χ0v) is 18.0. The molecule has 0 atom stereocenters. The summed E-state index contributed by atoms with van der Waals surface area (Å²) in [5.74, 6) is -0.0604. The standard InChI is InChI=1S/C22H25FN6O3/c1-14(2)32-22(31)26-16-10-25-21-27-19(13-29(21)12-16)17-9-15(5-6-18(17)23)24-11-20(30)28-7-3-4-8-28/h5-6,9-10,12-14,24H,3-4,7-8,11H2,1-2H3,(H,26,31). The van der Waals surface area contributed by atoms with E-state index in [1.807, 2.05) is 4.90 Å². The number of amides is 2. The number of hydrogen-bond donors (Lipinski definition) is 2. The highest BCUT2D eigenvalue weighted by molar-refractivity contribution is 5.84. The molecule has 2 N–H and O–H groups in total. The molecule has 32 heavy (non-hydrogen) atoms. The minimum Gasteiger partial charge on any atom is -0.447 e. The van der Waals surface area contributed by atoms with Gasteiger partial charge < -0.3 is 15.0 Å². The Hall–Kier alpha value is -3.69. The van der Waals surface area contributed by atoms with E-state index >= 15 is 0 Å². The molecule has 2 amide bonds. The van der Waals surface area contributed by atoms with Gasteiger partial charge in [0.1, 0.15) is 5.82 Å². The van der Waals surface area contributed by atoms with E-state index in [-0.39, 0.29) is 24.1 Å². The Morgan fingerprint density at radius 2 is 1.97 bits per heavy atom. The molecule has 9 nitrogen and oxygen atoms in total. The lowest BCUT2D eigenvalue weighted by molar-refractivity contribution is -0.128. The maximum atomic E-state index is 14.6. The van der Waals surface area contributed by atoms with Crippen LogP contribution in [0.3, 0.4) is 0 Å². The number of carbonyl (C=O) groups excluding carboxylic acids is 2. The number of fused-ring (bicyclic) bond motifs is 1. The third-order valence-corrected chi connectivity index (χ3v) is 5.04. The van der Waals surface area contributed by atoms with Gasteiger partial charge in [0.25, 0.3) is 0 Å². The van der Waals surface area contributed by atoms with Gasteiger partial charge in [0.2, 0.25) is 11.7 Å². The Morgan fingerprint density at radius 3 is 2.72 bits per heavy atom. The molecule has 2 aromatic heterocycles. The minimum absolute atomic E-state index is 0.0290. The lowest BCUT2D eigenvalue weighted by atomic mass is 10.1. The molecule has 0 spiro atoms. The molecule has 168 valence electrons. The van der Waals surface area contributed by atoms with Gasteiger partial charge in [-0.25, -0.2) is 19.2 Å². The highest BCUT2D eigenvalue weighted by atomic mass is 19.1. The fourth-order valence-electron chi connectivity index (χ4n) is 3.53. The Bertz CT molecular complexity index is 1140. The molecule has 3 aromatic rings. The first-order valence-electron chi connectivity index (χ1n) is 10.5. The molecule has 0 saturated carbocycles. The van der Waals surface area contributed by atoms with E-state index in [2.05, 4.69) is 20.6 Å². The van der Waals surface area contributed by atoms with Crippen molar-refractivity contribution in [2.24, 2.45) is 0 Å². The van der Waals surface area contributed by atoms with Crippen molar-refractivity contribution < 1.29 is 18.7 Å². The largest absolute Gasteiger partial charge is 0.447 e. The summed E-state index contributed by atoms with van der Waals surface area (Å²) in [7, 11) is 0. The van der Waals surface area contributed by atoms with Crippen molar-refractivity contribution in [1.29, 1.82) is 0 Å². The number of benzene rings is 1. The summed E-state index contributed by atoms with van der Waals surface area (Å²) in [6.07, 6.45) is 5.92. The number of halogens is 1. The van der Waals surface area contributed by atoms with Crippen molar-refractivity contribution in [3.05, 3.63) is 42.6 Å². The predicted molar refractivity (Wildman–Crippen MR) is 118 cm³/mol. The number of carbonyl (C=O) groups is 2. The van der Waals surface area contributed by atoms with Crippen LogP contribution in [0.5, 0.6) is 0 Å². The van der Waals surface area contributed by atoms with Crippen LogP contribution in [0.1, 0.15) is 26.7 Å². The summed E-state index contributed by atoms with van der Waals surface area (Å²) in [6, 6.07) is 4.55. The van der Waals surface area contributed by atoms with Gasteiger partial charge in [0.15, 0.2) is 0 Å². The van der Waals surface area contributed by atoms with Gasteiger partial charge in [-0.1, -0.05) is 0 Å². The molecule has 0 radical (unpaired) electrons. The third kappa shape index (κ3) is 4.96. The number of imidazole rings is 1. The molecular weight excluding hydrogens is 415 g/mol. The number of hydrogen-bond acceptors (Lipinski definition) is 6. The van der Waals surface area contributed by atoms with Crippen molar-refractivity contribution in [1.82, 2.24) is 19.3 Å². The highest BCUT2D eigenvalue weighted by Crippen LogP contribution is 2.26. The highest BCUT2D eigenvalue weighted by Gasteiger charge is 2.18. The number of ether oxygens (including phenoxy) is 1. The average Bonchev–Trinajstić information content (AvgIpc) is 3.42. The average molecular weight is 440 g/mol. The van der Waals surface area contributed by atoms with Crippen molar-refractivity contribution >= 4 is 29.2 Å². The quantitative estimate of drug-likeness (QED) is 0.608. The molecule has 1 aromatic carbocycles. The summed E-state index contributed by atoms with van der Waals surface area (Å²) in [5.41, 5.74) is 1.70. The van der Waals surface area contributed by atoms with Crippen LogP contribution in [0.15, 0.2) is 36.8 Å². The minimum atomic E-state index is -0.588. The Kier molecular flexibility index (Phi) is 6.20. The van der Waals surface area contributed by atoms with Crippen LogP contribution in [0.2, 0.25) is 0 Å². The summed E-state index contributed by atoms with van der Waals surface area (Å²) in [6.45, 7) is 5.23. The van der Waals surface area contributed by atoms with Gasteiger partial charge in [-0.3, -0.25) is 14.5 Å². The van der Waals surface area contributed by atoms with Crippen molar-refractivity contribution in [3.8, 4) is 11.3 Å². The van der Waals surface area contributed by atoms with Crippen LogP contribution in [0.25, 0.3) is 17.0 Å². The number of nitrogens with zero attached hydrogens (tertiary/aromatic N) is 4. The fourth-order valence-corrected chi connectivity index (χ4v) is 3.53. The number of rotatable bonds is 6. The third-order valence-electron chi connectivity index (χ3n) is 5.04. The lowest BCUT2D eigenvalue weighted by Gasteiger charge is -2.16. The summed E-state index contributed by atoms with van der Waals surface area (Å²) in [5, 5.41) is 5.66. The van der Waals surface area contributed by atoms with Crippen molar-refractivity contribution in [2.75, 3.05) is 30.3 Å². The second-order valence-corrected chi connectivity index (χ2v) is 7.89. The van der Waals surface area contributed by atoms with Gasteiger partial charge in [-0.2, -0.15) is 0 Å². The first kappa shape index (κ1) is 21.5. The molecule has 1 saturated heterocycles. The predicted octanol–water partition coefficient (Wildman–Crippen LogP) is 3.53. The van der Waals surface area contributed by atoms with Gasteiger partial charge in [-0.05, 0) is 44.9 Å². The monoisotopic (exact) mass is 440 g/mol. The maximum absolute atomic E-state index is 14.6. The molecule has 1 aliphatic heterocycles. The zero-order valence-electron chi connectivity index (χ0n) is 18.0.